The van der Waals surface area contributed by atoms with Crippen molar-refractivity contribution in [3.63, 3.8) is 0 Å². The van der Waals surface area contributed by atoms with Crippen molar-refractivity contribution in [3.8, 4) is 23.6 Å². The molecule has 19 heavy (non-hydrogen) atoms. The molecule has 0 bridgehead atoms. The zero-order valence-electron chi connectivity index (χ0n) is 11.8. The highest BCUT2D eigenvalue weighted by Crippen LogP contribution is 2.25. The zero-order valence-corrected chi connectivity index (χ0v) is 12.8. The summed E-state index contributed by atoms with van der Waals surface area (Å²) in [4.78, 5) is 0. The second-order valence-corrected chi connectivity index (χ2v) is 11.2. The summed E-state index contributed by atoms with van der Waals surface area (Å²) in [5.41, 5.74) is 2.52. The Labute approximate surface area is 116 Å². The van der Waals surface area contributed by atoms with E-state index in [4.69, 9.17) is 11.5 Å². The Morgan fingerprint density at radius 1 is 1.21 bits per heavy atom. The van der Waals surface area contributed by atoms with Gasteiger partial charge in [0.05, 0.1) is 19.4 Å². The van der Waals surface area contributed by atoms with E-state index in [0.29, 0.717) is 5.67 Å². The molecule has 0 N–H and O–H groups in total. The van der Waals surface area contributed by atoms with Crippen molar-refractivity contribution in [1.82, 2.24) is 9.78 Å². The molecule has 0 saturated carbocycles. The highest BCUT2D eigenvalue weighted by molar-refractivity contribution is 6.76. The second-order valence-electron chi connectivity index (χ2n) is 5.84. The van der Waals surface area contributed by atoms with E-state index in [-0.39, 0.29) is 0 Å². The largest absolute Gasteiger partial charge is 0.271 e. The first-order valence-corrected chi connectivity index (χ1v) is 10.1. The first-order valence-electron chi connectivity index (χ1n) is 6.56. The third kappa shape index (κ3) is 3.15. The minimum Gasteiger partial charge on any atom is -0.271 e. The van der Waals surface area contributed by atoms with E-state index in [1.54, 1.807) is 0 Å². The van der Waals surface area contributed by atoms with Crippen molar-refractivity contribution in [2.45, 2.75) is 31.7 Å². The molecule has 3 heteroatoms. The standard InChI is InChI=1S/C16H20N2Si/c1-5-9-16(19(2,3)4)18-13-12-15(17-18)14-10-7-6-8-11-14/h1,6-8,10-13,16H,9H2,2-4H3. The van der Waals surface area contributed by atoms with E-state index in [1.165, 1.54) is 0 Å². The first-order chi connectivity index (χ1) is 9.02. The maximum absolute atomic E-state index is 5.51. The van der Waals surface area contributed by atoms with Gasteiger partial charge in [0.25, 0.3) is 0 Å². The van der Waals surface area contributed by atoms with Gasteiger partial charge in [0.1, 0.15) is 0 Å². The summed E-state index contributed by atoms with van der Waals surface area (Å²) >= 11 is 0. The van der Waals surface area contributed by atoms with Gasteiger partial charge in [-0.15, -0.1) is 12.3 Å². The van der Waals surface area contributed by atoms with Crippen LogP contribution in [0.5, 0.6) is 0 Å². The lowest BCUT2D eigenvalue weighted by atomic mass is 10.2. The van der Waals surface area contributed by atoms with Crippen LogP contribution in [0.3, 0.4) is 0 Å². The molecular weight excluding hydrogens is 248 g/mol. The molecule has 0 aliphatic rings. The van der Waals surface area contributed by atoms with Gasteiger partial charge in [-0.2, -0.15) is 5.10 Å². The maximum atomic E-state index is 5.51. The molecule has 2 nitrogen and oxygen atoms in total. The third-order valence-electron chi connectivity index (χ3n) is 3.31. The molecule has 0 aliphatic heterocycles. The van der Waals surface area contributed by atoms with Crippen molar-refractivity contribution in [3.05, 3.63) is 42.6 Å². The number of hydrogen-bond acceptors (Lipinski definition) is 1. The molecule has 0 spiro atoms. The third-order valence-corrected chi connectivity index (χ3v) is 5.78. The summed E-state index contributed by atoms with van der Waals surface area (Å²) < 4.78 is 2.06. The minimum atomic E-state index is -1.38. The fourth-order valence-electron chi connectivity index (χ4n) is 2.18. The maximum Gasteiger partial charge on any atom is 0.0923 e. The van der Waals surface area contributed by atoms with Gasteiger partial charge in [0.2, 0.25) is 0 Å². The van der Waals surface area contributed by atoms with Crippen molar-refractivity contribution >= 4 is 8.07 Å². The van der Waals surface area contributed by atoms with Crippen LogP contribution in [0, 0.1) is 12.3 Å². The Bertz CT molecular complexity index is 573. The fraction of sp³-hybridized carbons (Fsp3) is 0.312. The zero-order chi connectivity index (χ0) is 13.9. The molecule has 0 aliphatic carbocycles. The quantitative estimate of drug-likeness (QED) is 0.605. The lowest BCUT2D eigenvalue weighted by Crippen LogP contribution is -2.35. The smallest absolute Gasteiger partial charge is 0.0923 e. The van der Waals surface area contributed by atoms with Gasteiger partial charge in [0, 0.05) is 18.2 Å². The highest BCUT2D eigenvalue weighted by atomic mass is 28.3. The summed E-state index contributed by atoms with van der Waals surface area (Å²) in [5, 5.41) is 4.72. The van der Waals surface area contributed by atoms with E-state index in [0.717, 1.165) is 17.7 Å². The fourth-order valence-corrected chi connectivity index (χ4v) is 3.85. The summed E-state index contributed by atoms with van der Waals surface area (Å²) in [6.45, 7) is 7.00. The monoisotopic (exact) mass is 268 g/mol. The van der Waals surface area contributed by atoms with Crippen LogP contribution in [0.15, 0.2) is 42.6 Å². The number of hydrogen-bond donors (Lipinski definition) is 0. The van der Waals surface area contributed by atoms with Gasteiger partial charge in [-0.25, -0.2) is 0 Å². The minimum absolute atomic E-state index is 0.356. The Kier molecular flexibility index (Phi) is 3.92. The van der Waals surface area contributed by atoms with Gasteiger partial charge >= 0.3 is 0 Å². The van der Waals surface area contributed by atoms with E-state index in [9.17, 15) is 0 Å². The number of benzene rings is 1. The van der Waals surface area contributed by atoms with Crippen LogP contribution in [0.1, 0.15) is 12.1 Å². The predicted molar refractivity (Wildman–Crippen MR) is 83.5 cm³/mol. The summed E-state index contributed by atoms with van der Waals surface area (Å²) in [5.74, 6) is 2.80. The van der Waals surface area contributed by atoms with Gasteiger partial charge < -0.3 is 0 Å². The normalized spacial score (nSPS) is 12.9. The summed E-state index contributed by atoms with van der Waals surface area (Å²) in [7, 11) is -1.38. The summed E-state index contributed by atoms with van der Waals surface area (Å²) in [6, 6.07) is 12.3. The second kappa shape index (κ2) is 5.46. The average Bonchev–Trinajstić information content (AvgIpc) is 2.84. The Morgan fingerprint density at radius 3 is 2.47 bits per heavy atom. The molecule has 1 unspecified atom stereocenters. The van der Waals surface area contributed by atoms with Crippen molar-refractivity contribution < 1.29 is 0 Å². The van der Waals surface area contributed by atoms with E-state index in [2.05, 4.69) is 54.6 Å². The molecular formula is C16H20N2Si. The van der Waals surface area contributed by atoms with Crippen LogP contribution < -0.4 is 0 Å². The van der Waals surface area contributed by atoms with E-state index >= 15 is 0 Å². The SMILES string of the molecule is C#CCC(n1ccc(-c2ccccc2)n1)[Si](C)(C)C. The lowest BCUT2D eigenvalue weighted by molar-refractivity contribution is 0.582. The molecule has 2 aromatic rings. The molecule has 0 amide bonds. The van der Waals surface area contributed by atoms with E-state index < -0.39 is 8.07 Å². The predicted octanol–water partition coefficient (Wildman–Crippen LogP) is 3.99. The van der Waals surface area contributed by atoms with Gasteiger partial charge in [0.15, 0.2) is 0 Å². The molecule has 1 heterocycles. The molecule has 98 valence electrons. The summed E-state index contributed by atoms with van der Waals surface area (Å²) in [6.07, 6.45) is 8.33. The van der Waals surface area contributed by atoms with Crippen molar-refractivity contribution in [1.29, 1.82) is 0 Å². The van der Waals surface area contributed by atoms with Crippen molar-refractivity contribution in [2.75, 3.05) is 0 Å². The topological polar surface area (TPSA) is 17.8 Å². The van der Waals surface area contributed by atoms with Crippen molar-refractivity contribution in [2.24, 2.45) is 0 Å². The number of aromatic nitrogens is 2. The Hall–Kier alpha value is -1.79. The number of terminal acetylenes is 1. The van der Waals surface area contributed by atoms with Crippen LogP contribution in [0.25, 0.3) is 11.3 Å². The van der Waals surface area contributed by atoms with Gasteiger partial charge in [-0.05, 0) is 6.07 Å². The van der Waals surface area contributed by atoms with Crippen LogP contribution in [0.4, 0.5) is 0 Å². The Morgan fingerprint density at radius 2 is 1.89 bits per heavy atom. The van der Waals surface area contributed by atoms with Crippen LogP contribution in [-0.2, 0) is 0 Å². The van der Waals surface area contributed by atoms with Gasteiger partial charge in [-0.1, -0.05) is 50.0 Å². The highest BCUT2D eigenvalue weighted by Gasteiger charge is 2.28. The molecule has 1 aromatic carbocycles. The molecule has 0 fully saturated rings. The van der Waals surface area contributed by atoms with Crippen LogP contribution >= 0.6 is 0 Å². The Balaban J connectivity index is 2.32. The van der Waals surface area contributed by atoms with Crippen LogP contribution in [0.2, 0.25) is 19.6 Å². The van der Waals surface area contributed by atoms with Gasteiger partial charge in [-0.3, -0.25) is 4.68 Å². The first kappa shape index (κ1) is 13.6. The molecule has 0 radical (unpaired) electrons. The average molecular weight is 268 g/mol. The van der Waals surface area contributed by atoms with E-state index in [1.807, 2.05) is 18.2 Å². The molecule has 1 atom stereocenters. The lowest BCUT2D eigenvalue weighted by Gasteiger charge is -2.27. The molecule has 2 rings (SSSR count). The number of rotatable bonds is 4. The molecule has 0 saturated heterocycles. The van der Waals surface area contributed by atoms with Crippen LogP contribution in [-0.4, -0.2) is 17.9 Å². The number of nitrogens with zero attached hydrogens (tertiary/aromatic N) is 2. The molecule has 1 aromatic heterocycles.